The molecule has 0 saturated heterocycles. The Morgan fingerprint density at radius 3 is 1.41 bits per heavy atom. The molecular formula is C53H35N. The van der Waals surface area contributed by atoms with E-state index in [0.29, 0.717) is 0 Å². The standard InChI is InChI=1S/C53H35N/c1-34-12-11-16-39(32-34)40-23-22-36-27-31-49-53(47(36)33-40)52-42-17-6-5-13-35(42)26-30-48(52)54(49)41-28-24-38(25-29-41)51-45-20-9-7-18-43(45)50(37-14-3-2-4-15-37)44-19-8-10-21-46(44)51/h2-33H,1H3. The Balaban J connectivity index is 1.16. The van der Waals surface area contributed by atoms with Gasteiger partial charge in [-0.1, -0.05) is 169 Å². The smallest absolute Gasteiger partial charge is 0.0547 e. The molecule has 54 heavy (non-hydrogen) atoms. The van der Waals surface area contributed by atoms with E-state index in [9.17, 15) is 0 Å². The molecule has 1 aromatic heterocycles. The third-order valence-corrected chi connectivity index (χ3v) is 11.4. The van der Waals surface area contributed by atoms with Crippen LogP contribution in [0.5, 0.6) is 0 Å². The van der Waals surface area contributed by atoms with Crippen LogP contribution >= 0.6 is 0 Å². The number of hydrogen-bond acceptors (Lipinski definition) is 0. The van der Waals surface area contributed by atoms with Crippen LogP contribution in [0.2, 0.25) is 0 Å². The van der Waals surface area contributed by atoms with Crippen LogP contribution in [0.3, 0.4) is 0 Å². The number of nitrogens with zero attached hydrogens (tertiary/aromatic N) is 1. The van der Waals surface area contributed by atoms with E-state index < -0.39 is 0 Å². The Kier molecular flexibility index (Phi) is 6.84. The summed E-state index contributed by atoms with van der Waals surface area (Å²) < 4.78 is 2.47. The van der Waals surface area contributed by atoms with Crippen molar-refractivity contribution < 1.29 is 0 Å². The van der Waals surface area contributed by atoms with Crippen molar-refractivity contribution >= 4 is 64.9 Å². The topological polar surface area (TPSA) is 4.93 Å². The van der Waals surface area contributed by atoms with Gasteiger partial charge in [0.1, 0.15) is 0 Å². The molecule has 10 aromatic carbocycles. The van der Waals surface area contributed by atoms with Gasteiger partial charge in [0.05, 0.1) is 11.0 Å². The molecule has 0 amide bonds. The van der Waals surface area contributed by atoms with Gasteiger partial charge in [-0.2, -0.15) is 0 Å². The lowest BCUT2D eigenvalue weighted by molar-refractivity contribution is 1.18. The maximum atomic E-state index is 2.47. The van der Waals surface area contributed by atoms with E-state index >= 15 is 0 Å². The summed E-state index contributed by atoms with van der Waals surface area (Å²) in [6.45, 7) is 2.17. The second kappa shape index (κ2) is 12.0. The molecule has 0 spiro atoms. The van der Waals surface area contributed by atoms with Gasteiger partial charge in [0.25, 0.3) is 0 Å². The van der Waals surface area contributed by atoms with Crippen molar-refractivity contribution in [1.29, 1.82) is 0 Å². The summed E-state index contributed by atoms with van der Waals surface area (Å²) >= 11 is 0. The van der Waals surface area contributed by atoms with Crippen LogP contribution in [0.15, 0.2) is 194 Å². The van der Waals surface area contributed by atoms with Gasteiger partial charge in [-0.3, -0.25) is 0 Å². The molecule has 0 fully saturated rings. The average Bonchev–Trinajstić information content (AvgIpc) is 3.58. The largest absolute Gasteiger partial charge is 0.309 e. The van der Waals surface area contributed by atoms with Gasteiger partial charge >= 0.3 is 0 Å². The van der Waals surface area contributed by atoms with Crippen LogP contribution in [-0.2, 0) is 0 Å². The monoisotopic (exact) mass is 685 g/mol. The van der Waals surface area contributed by atoms with Crippen molar-refractivity contribution in [3.63, 3.8) is 0 Å². The van der Waals surface area contributed by atoms with E-state index in [1.54, 1.807) is 0 Å². The minimum Gasteiger partial charge on any atom is -0.309 e. The molecule has 0 aliphatic rings. The molecule has 0 atom stereocenters. The first-order valence-electron chi connectivity index (χ1n) is 18.8. The van der Waals surface area contributed by atoms with Crippen LogP contribution in [0.4, 0.5) is 0 Å². The Morgan fingerprint density at radius 2 is 0.778 bits per heavy atom. The fourth-order valence-corrected chi connectivity index (χ4v) is 9.01. The second-order valence-electron chi connectivity index (χ2n) is 14.5. The zero-order chi connectivity index (χ0) is 35.8. The lowest BCUT2D eigenvalue weighted by Gasteiger charge is -2.18. The van der Waals surface area contributed by atoms with Crippen molar-refractivity contribution in [3.05, 3.63) is 200 Å². The molecule has 0 radical (unpaired) electrons. The van der Waals surface area contributed by atoms with Crippen LogP contribution in [0.1, 0.15) is 5.56 Å². The normalized spacial score (nSPS) is 11.8. The third kappa shape index (κ3) is 4.65. The molecule has 1 nitrogen and oxygen atoms in total. The van der Waals surface area contributed by atoms with Gasteiger partial charge < -0.3 is 4.57 Å². The first-order valence-corrected chi connectivity index (χ1v) is 18.8. The number of aryl methyl sites for hydroxylation is 1. The highest BCUT2D eigenvalue weighted by atomic mass is 15.0. The van der Waals surface area contributed by atoms with Gasteiger partial charge in [-0.15, -0.1) is 0 Å². The summed E-state index contributed by atoms with van der Waals surface area (Å²) in [7, 11) is 0. The number of rotatable bonds is 4. The summed E-state index contributed by atoms with van der Waals surface area (Å²) in [5.74, 6) is 0. The highest BCUT2D eigenvalue weighted by Crippen LogP contribution is 2.45. The maximum Gasteiger partial charge on any atom is 0.0547 e. The first kappa shape index (κ1) is 30.6. The lowest BCUT2D eigenvalue weighted by atomic mass is 9.86. The van der Waals surface area contributed by atoms with Crippen LogP contribution in [0, 0.1) is 6.92 Å². The minimum absolute atomic E-state index is 1.15. The predicted molar refractivity (Wildman–Crippen MR) is 232 cm³/mol. The molecule has 0 aliphatic carbocycles. The van der Waals surface area contributed by atoms with E-state index in [1.165, 1.54) is 104 Å². The van der Waals surface area contributed by atoms with E-state index in [0.717, 1.165) is 5.69 Å². The van der Waals surface area contributed by atoms with Crippen molar-refractivity contribution in [2.75, 3.05) is 0 Å². The molecular weight excluding hydrogens is 651 g/mol. The Hall–Kier alpha value is -6.96. The summed E-state index contributed by atoms with van der Waals surface area (Å²) in [5, 5.41) is 12.7. The van der Waals surface area contributed by atoms with Crippen LogP contribution in [0.25, 0.3) is 104 Å². The summed E-state index contributed by atoms with van der Waals surface area (Å²) in [6, 6.07) is 71.6. The van der Waals surface area contributed by atoms with Crippen molar-refractivity contribution in [2.45, 2.75) is 6.92 Å². The molecule has 0 N–H and O–H groups in total. The Bertz CT molecular complexity index is 3200. The molecule has 0 aliphatic heterocycles. The molecule has 0 bridgehead atoms. The first-order chi connectivity index (χ1) is 26.7. The Morgan fingerprint density at radius 1 is 0.315 bits per heavy atom. The fourth-order valence-electron chi connectivity index (χ4n) is 9.01. The second-order valence-corrected chi connectivity index (χ2v) is 14.5. The predicted octanol–water partition coefficient (Wildman–Crippen LogP) is 14.7. The molecule has 11 rings (SSSR count). The fraction of sp³-hybridized carbons (Fsp3) is 0.0189. The molecule has 0 saturated carbocycles. The number of fused-ring (bicyclic) bond motifs is 9. The Labute approximate surface area is 314 Å². The van der Waals surface area contributed by atoms with Crippen LogP contribution < -0.4 is 0 Å². The van der Waals surface area contributed by atoms with Gasteiger partial charge in [0, 0.05) is 16.5 Å². The van der Waals surface area contributed by atoms with Crippen LogP contribution in [-0.4, -0.2) is 4.57 Å². The summed E-state index contributed by atoms with van der Waals surface area (Å²) in [4.78, 5) is 0. The van der Waals surface area contributed by atoms with Gasteiger partial charge in [-0.05, 0) is 114 Å². The SMILES string of the molecule is Cc1cccc(-c2ccc3ccc4c(c3c2)c2c3ccccc3ccc2n4-c2ccc(-c3c4ccccc4c(-c4ccccc4)c4ccccc34)cc2)c1. The number of aromatic nitrogens is 1. The third-order valence-electron chi connectivity index (χ3n) is 11.4. The zero-order valence-corrected chi connectivity index (χ0v) is 29.9. The maximum absolute atomic E-state index is 2.47. The molecule has 1 heterocycles. The minimum atomic E-state index is 1.15. The van der Waals surface area contributed by atoms with Gasteiger partial charge in [-0.25, -0.2) is 0 Å². The highest BCUT2D eigenvalue weighted by Gasteiger charge is 2.20. The highest BCUT2D eigenvalue weighted by molar-refractivity contribution is 6.29. The van der Waals surface area contributed by atoms with E-state index in [-0.39, 0.29) is 0 Å². The van der Waals surface area contributed by atoms with E-state index in [1.807, 2.05) is 0 Å². The zero-order valence-electron chi connectivity index (χ0n) is 29.9. The average molecular weight is 686 g/mol. The van der Waals surface area contributed by atoms with Crippen molar-refractivity contribution in [1.82, 2.24) is 4.57 Å². The summed E-state index contributed by atoms with van der Waals surface area (Å²) in [6.07, 6.45) is 0. The van der Waals surface area contributed by atoms with Gasteiger partial charge in [0.2, 0.25) is 0 Å². The number of benzene rings is 10. The molecule has 1 heteroatoms. The van der Waals surface area contributed by atoms with E-state index in [4.69, 9.17) is 0 Å². The van der Waals surface area contributed by atoms with Crippen molar-refractivity contribution in [2.24, 2.45) is 0 Å². The molecule has 0 unspecified atom stereocenters. The van der Waals surface area contributed by atoms with Gasteiger partial charge in [0.15, 0.2) is 0 Å². The van der Waals surface area contributed by atoms with Crippen molar-refractivity contribution in [3.8, 4) is 39.1 Å². The molecule has 252 valence electrons. The lowest BCUT2D eigenvalue weighted by Crippen LogP contribution is -1.95. The van der Waals surface area contributed by atoms with E-state index in [2.05, 4.69) is 206 Å². The quantitative estimate of drug-likeness (QED) is 0.163. The number of hydrogen-bond donors (Lipinski definition) is 0. The molecule has 11 aromatic rings. The summed E-state index contributed by atoms with van der Waals surface area (Å²) in [5.41, 5.74) is 12.3.